The molecular formula is C20H30N4. The second-order valence-corrected chi connectivity index (χ2v) is 6.60. The summed E-state index contributed by atoms with van der Waals surface area (Å²) in [6.45, 7) is 8.90. The van der Waals surface area contributed by atoms with E-state index in [1.54, 1.807) is 0 Å². The van der Waals surface area contributed by atoms with Crippen LogP contribution in [0.5, 0.6) is 0 Å². The van der Waals surface area contributed by atoms with E-state index in [9.17, 15) is 0 Å². The molecule has 24 heavy (non-hydrogen) atoms. The fourth-order valence-electron chi connectivity index (χ4n) is 2.70. The van der Waals surface area contributed by atoms with E-state index in [2.05, 4.69) is 73.7 Å². The van der Waals surface area contributed by atoms with Crippen molar-refractivity contribution in [3.8, 4) is 0 Å². The van der Waals surface area contributed by atoms with Gasteiger partial charge in [0.25, 0.3) is 0 Å². The predicted molar refractivity (Wildman–Crippen MR) is 104 cm³/mol. The van der Waals surface area contributed by atoms with Gasteiger partial charge in [-0.3, -0.25) is 0 Å². The van der Waals surface area contributed by atoms with Crippen LogP contribution in [0.2, 0.25) is 0 Å². The number of hydrogen-bond donors (Lipinski definition) is 4. The van der Waals surface area contributed by atoms with Crippen molar-refractivity contribution in [3.63, 3.8) is 0 Å². The van der Waals surface area contributed by atoms with Crippen molar-refractivity contribution in [2.75, 3.05) is 10.9 Å². The number of nitrogens with one attached hydrogen (secondary N) is 4. The van der Waals surface area contributed by atoms with E-state index in [1.165, 1.54) is 0 Å². The molecule has 0 saturated heterocycles. The third-order valence-corrected chi connectivity index (χ3v) is 5.15. The molecule has 0 radical (unpaired) electrons. The molecule has 2 atom stereocenters. The first kappa shape index (κ1) is 18.3. The SMILES string of the molecule is CCC(C)(NNc1ccccc1)C(C)(CC)NNc1ccccc1. The van der Waals surface area contributed by atoms with Crippen LogP contribution in [0, 0.1) is 0 Å². The van der Waals surface area contributed by atoms with Crippen LogP contribution in [0.15, 0.2) is 60.7 Å². The number of benzene rings is 2. The molecule has 0 aromatic heterocycles. The highest BCUT2D eigenvalue weighted by atomic mass is 15.5. The van der Waals surface area contributed by atoms with E-state index in [0.717, 1.165) is 24.2 Å². The van der Waals surface area contributed by atoms with E-state index in [1.807, 2.05) is 36.4 Å². The highest BCUT2D eigenvalue weighted by molar-refractivity contribution is 5.43. The van der Waals surface area contributed by atoms with Crippen LogP contribution in [0.1, 0.15) is 40.5 Å². The molecule has 130 valence electrons. The summed E-state index contributed by atoms with van der Waals surface area (Å²) in [4.78, 5) is 0. The fourth-order valence-corrected chi connectivity index (χ4v) is 2.70. The maximum absolute atomic E-state index is 3.54. The van der Waals surface area contributed by atoms with Gasteiger partial charge in [0, 0.05) is 11.4 Å². The zero-order valence-corrected chi connectivity index (χ0v) is 15.2. The maximum atomic E-state index is 3.54. The second-order valence-electron chi connectivity index (χ2n) is 6.60. The molecule has 0 spiro atoms. The molecule has 2 rings (SSSR count). The van der Waals surface area contributed by atoms with Gasteiger partial charge in [-0.25, -0.2) is 10.9 Å². The molecule has 0 amide bonds. The summed E-state index contributed by atoms with van der Waals surface area (Å²) in [5, 5.41) is 0. The molecule has 0 aliphatic heterocycles. The Morgan fingerprint density at radius 2 is 0.958 bits per heavy atom. The lowest BCUT2D eigenvalue weighted by Crippen LogP contribution is -2.68. The fraction of sp³-hybridized carbons (Fsp3) is 0.400. The standard InChI is InChI=1S/C20H30N4/c1-5-19(3,23-21-17-13-9-7-10-14-17)20(4,6-2)24-22-18-15-11-8-12-16-18/h7-16,21-24H,5-6H2,1-4H3. The number of anilines is 2. The van der Waals surface area contributed by atoms with Crippen LogP contribution >= 0.6 is 0 Å². The van der Waals surface area contributed by atoms with E-state index >= 15 is 0 Å². The normalized spacial score (nSPS) is 16.0. The second kappa shape index (κ2) is 8.18. The van der Waals surface area contributed by atoms with Crippen molar-refractivity contribution in [1.82, 2.24) is 10.9 Å². The topological polar surface area (TPSA) is 48.1 Å². The average molecular weight is 326 g/mol. The smallest absolute Gasteiger partial charge is 0.0536 e. The lowest BCUT2D eigenvalue weighted by atomic mass is 9.76. The largest absolute Gasteiger partial charge is 0.321 e. The Hall–Kier alpha value is -2.04. The molecule has 2 unspecified atom stereocenters. The van der Waals surface area contributed by atoms with Crippen LogP contribution in [0.25, 0.3) is 0 Å². The van der Waals surface area contributed by atoms with Crippen LogP contribution in [0.4, 0.5) is 11.4 Å². The molecule has 0 aliphatic carbocycles. The summed E-state index contributed by atoms with van der Waals surface area (Å²) in [6.07, 6.45) is 1.95. The Labute approximate surface area is 146 Å². The minimum atomic E-state index is -0.153. The quantitative estimate of drug-likeness (QED) is 0.510. The predicted octanol–water partition coefficient (Wildman–Crippen LogP) is 4.56. The molecule has 2 aromatic rings. The minimum Gasteiger partial charge on any atom is -0.321 e. The van der Waals surface area contributed by atoms with Gasteiger partial charge in [-0.05, 0) is 51.0 Å². The molecule has 2 aromatic carbocycles. The zero-order valence-electron chi connectivity index (χ0n) is 15.2. The average Bonchev–Trinajstić information content (AvgIpc) is 2.65. The molecule has 4 nitrogen and oxygen atoms in total. The van der Waals surface area contributed by atoms with Gasteiger partial charge in [0.15, 0.2) is 0 Å². The maximum Gasteiger partial charge on any atom is 0.0536 e. The van der Waals surface area contributed by atoms with E-state index < -0.39 is 0 Å². The summed E-state index contributed by atoms with van der Waals surface area (Å²) < 4.78 is 0. The van der Waals surface area contributed by atoms with Gasteiger partial charge in [0.05, 0.1) is 11.1 Å². The van der Waals surface area contributed by atoms with Crippen LogP contribution in [0.3, 0.4) is 0 Å². The van der Waals surface area contributed by atoms with E-state index in [0.29, 0.717) is 0 Å². The Balaban J connectivity index is 2.07. The molecule has 4 N–H and O–H groups in total. The monoisotopic (exact) mass is 326 g/mol. The van der Waals surface area contributed by atoms with Gasteiger partial charge in [-0.1, -0.05) is 50.2 Å². The Morgan fingerprint density at radius 1 is 0.625 bits per heavy atom. The molecule has 0 aliphatic rings. The summed E-state index contributed by atoms with van der Waals surface area (Å²) >= 11 is 0. The first-order valence-electron chi connectivity index (χ1n) is 8.69. The summed E-state index contributed by atoms with van der Waals surface area (Å²) in [6, 6.07) is 20.4. The van der Waals surface area contributed by atoms with Crippen molar-refractivity contribution in [3.05, 3.63) is 60.7 Å². The summed E-state index contributed by atoms with van der Waals surface area (Å²) in [5.74, 6) is 0. The van der Waals surface area contributed by atoms with Crippen LogP contribution < -0.4 is 21.7 Å². The first-order valence-corrected chi connectivity index (χ1v) is 8.69. The zero-order chi connectivity index (χ0) is 17.5. The molecule has 0 heterocycles. The lowest BCUT2D eigenvalue weighted by molar-refractivity contribution is 0.164. The molecular weight excluding hydrogens is 296 g/mol. The molecule has 0 bridgehead atoms. The van der Waals surface area contributed by atoms with Gasteiger partial charge in [0.1, 0.15) is 0 Å². The van der Waals surface area contributed by atoms with Crippen molar-refractivity contribution in [1.29, 1.82) is 0 Å². The number of hydrogen-bond acceptors (Lipinski definition) is 4. The number of rotatable bonds is 9. The highest BCUT2D eigenvalue weighted by Gasteiger charge is 2.42. The van der Waals surface area contributed by atoms with Gasteiger partial charge >= 0.3 is 0 Å². The Kier molecular flexibility index (Phi) is 6.23. The van der Waals surface area contributed by atoms with Gasteiger partial charge in [-0.2, -0.15) is 0 Å². The van der Waals surface area contributed by atoms with Crippen molar-refractivity contribution < 1.29 is 0 Å². The highest BCUT2D eigenvalue weighted by Crippen LogP contribution is 2.29. The first-order chi connectivity index (χ1) is 11.5. The summed E-state index contributed by atoms with van der Waals surface area (Å²) in [7, 11) is 0. The Bertz CT molecular complexity index is 546. The number of para-hydroxylation sites is 2. The van der Waals surface area contributed by atoms with Crippen molar-refractivity contribution in [2.24, 2.45) is 0 Å². The van der Waals surface area contributed by atoms with Crippen molar-refractivity contribution >= 4 is 11.4 Å². The van der Waals surface area contributed by atoms with Gasteiger partial charge in [0.2, 0.25) is 0 Å². The Morgan fingerprint density at radius 3 is 1.25 bits per heavy atom. The van der Waals surface area contributed by atoms with E-state index in [4.69, 9.17) is 0 Å². The van der Waals surface area contributed by atoms with Gasteiger partial charge in [-0.15, -0.1) is 0 Å². The minimum absolute atomic E-state index is 0.153. The van der Waals surface area contributed by atoms with Gasteiger partial charge < -0.3 is 10.9 Å². The number of hydrazine groups is 2. The third kappa shape index (κ3) is 4.28. The summed E-state index contributed by atoms with van der Waals surface area (Å²) in [5.41, 5.74) is 15.6. The van der Waals surface area contributed by atoms with Crippen molar-refractivity contribution in [2.45, 2.75) is 51.6 Å². The van der Waals surface area contributed by atoms with E-state index in [-0.39, 0.29) is 11.1 Å². The molecule has 0 fully saturated rings. The molecule has 0 saturated carbocycles. The van der Waals surface area contributed by atoms with Crippen LogP contribution in [-0.2, 0) is 0 Å². The molecule has 4 heteroatoms. The van der Waals surface area contributed by atoms with Crippen LogP contribution in [-0.4, -0.2) is 11.1 Å². The third-order valence-electron chi connectivity index (χ3n) is 5.15. The lowest BCUT2D eigenvalue weighted by Gasteiger charge is -2.47.